The Hall–Kier alpha value is -3.02. The monoisotopic (exact) mass is 384 g/mol. The Morgan fingerprint density at radius 3 is 2.39 bits per heavy atom. The number of carbonyl (C=O) groups is 1. The first-order valence-electron chi connectivity index (χ1n) is 9.08. The number of hydrogen-bond acceptors (Lipinski definition) is 3. The number of rotatable bonds is 5. The zero-order valence-electron chi connectivity index (χ0n) is 16.2. The maximum absolute atomic E-state index is 13.8. The summed E-state index contributed by atoms with van der Waals surface area (Å²) in [6.07, 6.45) is 1.27. The molecular formula is C22H22F2N2O2. The van der Waals surface area contributed by atoms with E-state index in [0.717, 1.165) is 11.1 Å². The molecule has 1 atom stereocenters. The van der Waals surface area contributed by atoms with Crippen LogP contribution in [0.5, 0.6) is 0 Å². The van der Waals surface area contributed by atoms with Crippen molar-refractivity contribution in [1.29, 1.82) is 0 Å². The minimum Gasteiger partial charge on any atom is -0.444 e. The number of oxazole rings is 1. The van der Waals surface area contributed by atoms with Crippen molar-refractivity contribution < 1.29 is 18.0 Å². The number of nitrogens with one attached hydrogen (secondary N) is 1. The van der Waals surface area contributed by atoms with Gasteiger partial charge in [-0.1, -0.05) is 26.0 Å². The zero-order valence-corrected chi connectivity index (χ0v) is 16.2. The van der Waals surface area contributed by atoms with Crippen molar-refractivity contribution >= 4 is 5.91 Å². The Morgan fingerprint density at radius 1 is 1.07 bits per heavy atom. The summed E-state index contributed by atoms with van der Waals surface area (Å²) >= 11 is 0. The lowest BCUT2D eigenvalue weighted by atomic mass is 10.0. The quantitative estimate of drug-likeness (QED) is 0.628. The van der Waals surface area contributed by atoms with E-state index >= 15 is 0 Å². The molecule has 1 aromatic heterocycles. The first kappa shape index (κ1) is 19.7. The molecule has 28 heavy (non-hydrogen) atoms. The third-order valence-corrected chi connectivity index (χ3v) is 4.69. The molecule has 0 radical (unpaired) electrons. The number of hydrogen-bond donors (Lipinski definition) is 1. The maximum atomic E-state index is 13.8. The molecule has 146 valence electrons. The molecule has 4 nitrogen and oxygen atoms in total. The highest BCUT2D eigenvalue weighted by Crippen LogP contribution is 2.24. The SMILES string of the molecule is Cc1c(F)cc(C(C)NC(=O)c2coc(-c3cccc(C(C)C)c3)n2)cc1F. The van der Waals surface area contributed by atoms with Crippen LogP contribution in [0.25, 0.3) is 11.5 Å². The van der Waals surface area contributed by atoms with Crippen LogP contribution >= 0.6 is 0 Å². The minimum atomic E-state index is -0.648. The highest BCUT2D eigenvalue weighted by molar-refractivity contribution is 5.92. The topological polar surface area (TPSA) is 55.1 Å². The lowest BCUT2D eigenvalue weighted by molar-refractivity contribution is 0.0934. The molecule has 0 aliphatic carbocycles. The lowest BCUT2D eigenvalue weighted by Crippen LogP contribution is -2.27. The van der Waals surface area contributed by atoms with Crippen LogP contribution in [-0.2, 0) is 0 Å². The van der Waals surface area contributed by atoms with E-state index in [1.54, 1.807) is 6.92 Å². The number of aromatic nitrogens is 1. The Bertz CT molecular complexity index is 988. The van der Waals surface area contributed by atoms with Crippen molar-refractivity contribution in [2.45, 2.75) is 39.7 Å². The van der Waals surface area contributed by atoms with Crippen LogP contribution in [0.2, 0.25) is 0 Å². The van der Waals surface area contributed by atoms with Crippen LogP contribution in [-0.4, -0.2) is 10.9 Å². The highest BCUT2D eigenvalue weighted by Gasteiger charge is 2.18. The van der Waals surface area contributed by atoms with Gasteiger partial charge in [-0.15, -0.1) is 0 Å². The zero-order chi connectivity index (χ0) is 20.4. The van der Waals surface area contributed by atoms with Crippen LogP contribution in [0.4, 0.5) is 8.78 Å². The number of carbonyl (C=O) groups excluding carboxylic acids is 1. The Kier molecular flexibility index (Phi) is 5.58. The molecule has 1 heterocycles. The van der Waals surface area contributed by atoms with Crippen LogP contribution < -0.4 is 5.32 Å². The fourth-order valence-electron chi connectivity index (χ4n) is 2.81. The van der Waals surface area contributed by atoms with Gasteiger partial charge in [-0.3, -0.25) is 4.79 Å². The normalized spacial score (nSPS) is 12.2. The molecule has 1 N–H and O–H groups in total. The predicted octanol–water partition coefficient (Wildman–Crippen LogP) is 5.54. The molecule has 3 rings (SSSR count). The van der Waals surface area contributed by atoms with Crippen LogP contribution in [0.3, 0.4) is 0 Å². The summed E-state index contributed by atoms with van der Waals surface area (Å²) in [4.78, 5) is 16.7. The van der Waals surface area contributed by atoms with Crippen molar-refractivity contribution in [3.63, 3.8) is 0 Å². The van der Waals surface area contributed by atoms with Gasteiger partial charge in [0.1, 0.15) is 17.9 Å². The Balaban J connectivity index is 1.76. The molecule has 6 heteroatoms. The molecule has 0 spiro atoms. The van der Waals surface area contributed by atoms with E-state index in [-0.39, 0.29) is 11.3 Å². The molecule has 3 aromatic rings. The maximum Gasteiger partial charge on any atom is 0.273 e. The second kappa shape index (κ2) is 7.92. The molecule has 1 unspecified atom stereocenters. The first-order valence-corrected chi connectivity index (χ1v) is 9.08. The molecule has 2 aromatic carbocycles. The van der Waals surface area contributed by atoms with E-state index in [4.69, 9.17) is 4.42 Å². The molecule has 0 aliphatic heterocycles. The standard InChI is InChI=1S/C22H22F2N2O2/c1-12(2)15-6-5-7-16(8-15)22-26-20(11-28-22)21(27)25-14(4)17-9-18(23)13(3)19(24)10-17/h5-12,14H,1-4H3,(H,25,27). The average molecular weight is 384 g/mol. The summed E-state index contributed by atoms with van der Waals surface area (Å²) in [5.41, 5.74) is 2.30. The molecule has 1 amide bonds. The van der Waals surface area contributed by atoms with E-state index in [9.17, 15) is 13.6 Å². The average Bonchev–Trinajstić information content (AvgIpc) is 3.16. The second-order valence-electron chi connectivity index (χ2n) is 7.12. The van der Waals surface area contributed by atoms with Gasteiger partial charge in [-0.2, -0.15) is 0 Å². The Labute approximate surface area is 162 Å². The van der Waals surface area contributed by atoms with Crippen molar-refractivity contribution in [2.75, 3.05) is 0 Å². The van der Waals surface area contributed by atoms with E-state index in [2.05, 4.69) is 24.1 Å². The van der Waals surface area contributed by atoms with Crippen molar-refractivity contribution in [3.05, 3.63) is 76.7 Å². The van der Waals surface area contributed by atoms with E-state index in [1.165, 1.54) is 25.3 Å². The molecular weight excluding hydrogens is 362 g/mol. The predicted molar refractivity (Wildman–Crippen MR) is 103 cm³/mol. The summed E-state index contributed by atoms with van der Waals surface area (Å²) in [6.45, 7) is 7.19. The van der Waals surface area contributed by atoms with Gasteiger partial charge in [0.25, 0.3) is 5.91 Å². The van der Waals surface area contributed by atoms with Gasteiger partial charge in [0, 0.05) is 11.1 Å². The summed E-state index contributed by atoms with van der Waals surface area (Å²) in [6, 6.07) is 9.60. The molecule has 0 saturated carbocycles. The van der Waals surface area contributed by atoms with Gasteiger partial charge >= 0.3 is 0 Å². The number of amides is 1. The van der Waals surface area contributed by atoms with E-state index in [0.29, 0.717) is 17.4 Å². The number of halogens is 2. The van der Waals surface area contributed by atoms with Crippen molar-refractivity contribution in [2.24, 2.45) is 0 Å². The van der Waals surface area contributed by atoms with Gasteiger partial charge in [0.05, 0.1) is 6.04 Å². The largest absolute Gasteiger partial charge is 0.444 e. The van der Waals surface area contributed by atoms with Gasteiger partial charge in [0.2, 0.25) is 5.89 Å². The van der Waals surface area contributed by atoms with Crippen LogP contribution in [0.1, 0.15) is 59.9 Å². The van der Waals surface area contributed by atoms with E-state index < -0.39 is 23.6 Å². The highest BCUT2D eigenvalue weighted by atomic mass is 19.1. The lowest BCUT2D eigenvalue weighted by Gasteiger charge is -2.14. The van der Waals surface area contributed by atoms with Crippen molar-refractivity contribution in [1.82, 2.24) is 10.3 Å². The second-order valence-corrected chi connectivity index (χ2v) is 7.12. The molecule has 0 aliphatic rings. The third kappa shape index (κ3) is 4.11. The van der Waals surface area contributed by atoms with Gasteiger partial charge in [-0.25, -0.2) is 13.8 Å². The van der Waals surface area contributed by atoms with Gasteiger partial charge in [-0.05, 0) is 55.2 Å². The number of nitrogens with zero attached hydrogens (tertiary/aromatic N) is 1. The van der Waals surface area contributed by atoms with E-state index in [1.807, 2.05) is 24.3 Å². The summed E-state index contributed by atoms with van der Waals surface area (Å²) in [5, 5.41) is 2.69. The van der Waals surface area contributed by atoms with Crippen LogP contribution in [0, 0.1) is 18.6 Å². The Morgan fingerprint density at radius 2 is 1.75 bits per heavy atom. The molecule has 0 fully saturated rings. The molecule has 0 bridgehead atoms. The third-order valence-electron chi connectivity index (χ3n) is 4.69. The van der Waals surface area contributed by atoms with Crippen molar-refractivity contribution in [3.8, 4) is 11.5 Å². The first-order chi connectivity index (χ1) is 13.3. The van der Waals surface area contributed by atoms with Gasteiger partial charge < -0.3 is 9.73 Å². The summed E-state index contributed by atoms with van der Waals surface area (Å²) in [5.74, 6) is -1.08. The summed E-state index contributed by atoms with van der Waals surface area (Å²) in [7, 11) is 0. The smallest absolute Gasteiger partial charge is 0.273 e. The molecule has 0 saturated heterocycles. The fraction of sp³-hybridized carbons (Fsp3) is 0.273. The van der Waals surface area contributed by atoms with Gasteiger partial charge in [0.15, 0.2) is 5.69 Å². The summed E-state index contributed by atoms with van der Waals surface area (Å²) < 4.78 is 33.0. The fourth-order valence-corrected chi connectivity index (χ4v) is 2.81. The van der Waals surface area contributed by atoms with Crippen LogP contribution in [0.15, 0.2) is 47.1 Å². The number of benzene rings is 2. The minimum absolute atomic E-state index is 0.0490.